The summed E-state index contributed by atoms with van der Waals surface area (Å²) in [5.41, 5.74) is 1.02. The van der Waals surface area contributed by atoms with E-state index in [4.69, 9.17) is 0 Å². The van der Waals surface area contributed by atoms with Crippen molar-refractivity contribution in [2.75, 3.05) is 6.54 Å². The van der Waals surface area contributed by atoms with Crippen molar-refractivity contribution in [2.45, 2.75) is 39.5 Å². The van der Waals surface area contributed by atoms with Crippen molar-refractivity contribution in [2.24, 2.45) is 0 Å². The minimum atomic E-state index is -0.443. The van der Waals surface area contributed by atoms with E-state index in [0.29, 0.717) is 17.7 Å². The highest BCUT2D eigenvalue weighted by atomic mass is 16.6. The van der Waals surface area contributed by atoms with E-state index in [-0.39, 0.29) is 11.6 Å². The Balaban J connectivity index is 2.53. The third kappa shape index (κ3) is 4.69. The van der Waals surface area contributed by atoms with Crippen LogP contribution < -0.4 is 5.32 Å². The Labute approximate surface area is 113 Å². The molecule has 0 spiro atoms. The SMILES string of the molecule is CCCCCCNC(=O)c1ccc([N+](=O)[O-])c(C)c1. The van der Waals surface area contributed by atoms with Crippen molar-refractivity contribution in [1.82, 2.24) is 5.32 Å². The number of unbranched alkanes of at least 4 members (excludes halogenated alkanes) is 3. The van der Waals surface area contributed by atoms with E-state index in [1.807, 2.05) is 0 Å². The maximum atomic E-state index is 11.8. The van der Waals surface area contributed by atoms with Gasteiger partial charge >= 0.3 is 0 Å². The second kappa shape index (κ2) is 7.51. The van der Waals surface area contributed by atoms with Crippen LogP contribution >= 0.6 is 0 Å². The summed E-state index contributed by atoms with van der Waals surface area (Å²) in [6.07, 6.45) is 4.41. The van der Waals surface area contributed by atoms with Crippen LogP contribution in [0, 0.1) is 17.0 Å². The summed E-state index contributed by atoms with van der Waals surface area (Å²) in [4.78, 5) is 22.1. The van der Waals surface area contributed by atoms with Gasteiger partial charge in [-0.1, -0.05) is 26.2 Å². The number of aryl methyl sites for hydroxylation is 1. The molecule has 0 bridgehead atoms. The summed E-state index contributed by atoms with van der Waals surface area (Å²) in [6.45, 7) is 4.42. The molecule has 0 saturated carbocycles. The standard InChI is InChI=1S/C14H20N2O3/c1-3-4-5-6-9-15-14(17)12-7-8-13(16(18)19)11(2)10-12/h7-8,10H,3-6,9H2,1-2H3,(H,15,17). The number of nitro benzene ring substituents is 1. The monoisotopic (exact) mass is 264 g/mol. The van der Waals surface area contributed by atoms with Crippen LogP contribution in [-0.4, -0.2) is 17.4 Å². The lowest BCUT2D eigenvalue weighted by molar-refractivity contribution is -0.385. The lowest BCUT2D eigenvalue weighted by Crippen LogP contribution is -2.24. The Morgan fingerprint density at radius 1 is 1.32 bits per heavy atom. The molecule has 0 saturated heterocycles. The van der Waals surface area contributed by atoms with Crippen LogP contribution in [0.2, 0.25) is 0 Å². The van der Waals surface area contributed by atoms with Gasteiger partial charge in [-0.15, -0.1) is 0 Å². The van der Waals surface area contributed by atoms with Gasteiger partial charge < -0.3 is 5.32 Å². The smallest absolute Gasteiger partial charge is 0.272 e. The maximum Gasteiger partial charge on any atom is 0.272 e. The summed E-state index contributed by atoms with van der Waals surface area (Å²) in [6, 6.07) is 4.42. The van der Waals surface area contributed by atoms with E-state index < -0.39 is 4.92 Å². The van der Waals surface area contributed by atoms with Gasteiger partial charge in [0.25, 0.3) is 11.6 Å². The van der Waals surface area contributed by atoms with Crippen LogP contribution in [0.1, 0.15) is 48.5 Å². The fourth-order valence-corrected chi connectivity index (χ4v) is 1.86. The third-order valence-corrected chi connectivity index (χ3v) is 2.97. The number of nitro groups is 1. The van der Waals surface area contributed by atoms with Gasteiger partial charge in [0.2, 0.25) is 0 Å². The Kier molecular flexibility index (Phi) is 5.99. The van der Waals surface area contributed by atoms with Gasteiger partial charge in [0.05, 0.1) is 4.92 Å². The normalized spacial score (nSPS) is 10.2. The van der Waals surface area contributed by atoms with E-state index in [1.165, 1.54) is 18.6 Å². The first-order valence-corrected chi connectivity index (χ1v) is 6.59. The van der Waals surface area contributed by atoms with Crippen molar-refractivity contribution in [3.63, 3.8) is 0 Å². The van der Waals surface area contributed by atoms with E-state index in [0.717, 1.165) is 19.3 Å². The minimum Gasteiger partial charge on any atom is -0.352 e. The van der Waals surface area contributed by atoms with E-state index in [2.05, 4.69) is 12.2 Å². The third-order valence-electron chi connectivity index (χ3n) is 2.97. The molecule has 0 unspecified atom stereocenters. The number of hydrogen-bond donors (Lipinski definition) is 1. The van der Waals surface area contributed by atoms with Gasteiger partial charge in [0.15, 0.2) is 0 Å². The number of nitrogens with one attached hydrogen (secondary N) is 1. The predicted molar refractivity (Wildman–Crippen MR) is 74.3 cm³/mol. The highest BCUT2D eigenvalue weighted by Crippen LogP contribution is 2.18. The predicted octanol–water partition coefficient (Wildman–Crippen LogP) is 3.21. The highest BCUT2D eigenvalue weighted by Gasteiger charge is 2.13. The van der Waals surface area contributed by atoms with Crippen molar-refractivity contribution >= 4 is 11.6 Å². The van der Waals surface area contributed by atoms with E-state index in [1.54, 1.807) is 13.0 Å². The zero-order valence-electron chi connectivity index (χ0n) is 11.4. The van der Waals surface area contributed by atoms with Crippen molar-refractivity contribution < 1.29 is 9.72 Å². The summed E-state index contributed by atoms with van der Waals surface area (Å²) >= 11 is 0. The molecular formula is C14H20N2O3. The number of carbonyl (C=O) groups excluding carboxylic acids is 1. The number of amides is 1. The van der Waals surface area contributed by atoms with Crippen LogP contribution in [0.3, 0.4) is 0 Å². The molecule has 1 aromatic carbocycles. The number of nitrogens with zero attached hydrogens (tertiary/aromatic N) is 1. The summed E-state index contributed by atoms with van der Waals surface area (Å²) in [7, 11) is 0. The molecule has 0 aliphatic rings. The average molecular weight is 264 g/mol. The first-order valence-electron chi connectivity index (χ1n) is 6.59. The van der Waals surface area contributed by atoms with E-state index >= 15 is 0 Å². The molecule has 19 heavy (non-hydrogen) atoms. The Hall–Kier alpha value is -1.91. The van der Waals surface area contributed by atoms with Crippen LogP contribution in [0.5, 0.6) is 0 Å². The molecule has 0 atom stereocenters. The molecule has 104 valence electrons. The molecular weight excluding hydrogens is 244 g/mol. The Morgan fingerprint density at radius 3 is 2.63 bits per heavy atom. The zero-order valence-corrected chi connectivity index (χ0v) is 11.4. The summed E-state index contributed by atoms with van der Waals surface area (Å²) < 4.78 is 0. The summed E-state index contributed by atoms with van der Waals surface area (Å²) in [5, 5.41) is 13.5. The van der Waals surface area contributed by atoms with Crippen molar-refractivity contribution in [1.29, 1.82) is 0 Å². The van der Waals surface area contributed by atoms with Crippen LogP contribution in [0.4, 0.5) is 5.69 Å². The topological polar surface area (TPSA) is 72.2 Å². The minimum absolute atomic E-state index is 0.0412. The summed E-state index contributed by atoms with van der Waals surface area (Å²) in [5.74, 6) is -0.172. The molecule has 0 aliphatic carbocycles. The van der Waals surface area contributed by atoms with Crippen molar-refractivity contribution in [3.05, 3.63) is 39.4 Å². The molecule has 5 nitrogen and oxygen atoms in total. The first kappa shape index (κ1) is 15.1. The molecule has 1 aromatic rings. The fraction of sp³-hybridized carbons (Fsp3) is 0.500. The molecule has 5 heteroatoms. The molecule has 0 heterocycles. The molecule has 1 N–H and O–H groups in total. The lowest BCUT2D eigenvalue weighted by Gasteiger charge is -2.06. The van der Waals surface area contributed by atoms with E-state index in [9.17, 15) is 14.9 Å². The van der Waals surface area contributed by atoms with Gasteiger partial charge in [-0.25, -0.2) is 0 Å². The van der Waals surface area contributed by atoms with Gasteiger partial charge in [-0.3, -0.25) is 14.9 Å². The van der Waals surface area contributed by atoms with Crippen LogP contribution in [-0.2, 0) is 0 Å². The largest absolute Gasteiger partial charge is 0.352 e. The lowest BCUT2D eigenvalue weighted by atomic mass is 10.1. The number of benzene rings is 1. The molecule has 0 aromatic heterocycles. The van der Waals surface area contributed by atoms with Crippen molar-refractivity contribution in [3.8, 4) is 0 Å². The van der Waals surface area contributed by atoms with Gasteiger partial charge in [0, 0.05) is 23.7 Å². The number of hydrogen-bond acceptors (Lipinski definition) is 3. The molecule has 1 amide bonds. The maximum absolute atomic E-state index is 11.8. The Morgan fingerprint density at radius 2 is 2.05 bits per heavy atom. The number of rotatable bonds is 7. The molecule has 1 rings (SSSR count). The van der Waals surface area contributed by atoms with Crippen LogP contribution in [0.15, 0.2) is 18.2 Å². The van der Waals surface area contributed by atoms with Gasteiger partial charge in [-0.2, -0.15) is 0 Å². The zero-order chi connectivity index (χ0) is 14.3. The quantitative estimate of drug-likeness (QED) is 0.467. The molecule has 0 fully saturated rings. The highest BCUT2D eigenvalue weighted by molar-refractivity contribution is 5.94. The van der Waals surface area contributed by atoms with Gasteiger partial charge in [0.1, 0.15) is 0 Å². The fourth-order valence-electron chi connectivity index (χ4n) is 1.86. The molecule has 0 radical (unpaired) electrons. The number of carbonyl (C=O) groups is 1. The second-order valence-corrected chi connectivity index (χ2v) is 4.57. The first-order chi connectivity index (χ1) is 9.06. The van der Waals surface area contributed by atoms with Crippen LogP contribution in [0.25, 0.3) is 0 Å². The Bertz CT molecular complexity index is 458. The average Bonchev–Trinajstić information content (AvgIpc) is 2.37. The molecule has 0 aliphatic heterocycles. The van der Waals surface area contributed by atoms with Gasteiger partial charge in [-0.05, 0) is 25.5 Å². The second-order valence-electron chi connectivity index (χ2n) is 4.57.